The Bertz CT molecular complexity index is 346. The fourth-order valence-corrected chi connectivity index (χ4v) is 1.06. The average molecular weight is 209 g/mol. The number of aromatic nitrogens is 1. The Labute approximate surface area is 88.2 Å². The van der Waals surface area contributed by atoms with Gasteiger partial charge in [0.1, 0.15) is 5.69 Å². The molecule has 1 unspecified atom stereocenters. The van der Waals surface area contributed by atoms with E-state index < -0.39 is 5.91 Å². The summed E-state index contributed by atoms with van der Waals surface area (Å²) in [5, 5.41) is 10.1. The van der Waals surface area contributed by atoms with Gasteiger partial charge in [0, 0.05) is 17.8 Å². The highest BCUT2D eigenvalue weighted by molar-refractivity contribution is 5.91. The summed E-state index contributed by atoms with van der Waals surface area (Å²) < 4.78 is 0. The van der Waals surface area contributed by atoms with Gasteiger partial charge < -0.3 is 10.7 Å². The number of nitrogens with two attached hydrogens (primary N) is 1. The lowest BCUT2D eigenvalue weighted by molar-refractivity contribution is -0.0640. The molecule has 0 fully saturated rings. The highest BCUT2D eigenvalue weighted by Crippen LogP contribution is 2.06. The lowest BCUT2D eigenvalue weighted by atomic mass is 10.1. The Morgan fingerprint density at radius 3 is 2.93 bits per heavy atom. The van der Waals surface area contributed by atoms with Crippen molar-refractivity contribution in [3.8, 4) is 0 Å². The van der Waals surface area contributed by atoms with Gasteiger partial charge in [0.05, 0.1) is 6.54 Å². The third kappa shape index (κ3) is 2.85. The van der Waals surface area contributed by atoms with E-state index in [1.807, 2.05) is 0 Å². The first kappa shape index (κ1) is 11.3. The average Bonchev–Trinajstić information content (AvgIpc) is 2.68. The molecule has 0 spiro atoms. The van der Waals surface area contributed by atoms with Crippen LogP contribution in [0.2, 0.25) is 0 Å². The van der Waals surface area contributed by atoms with Crippen LogP contribution >= 0.6 is 0 Å². The second-order valence-corrected chi connectivity index (χ2v) is 3.45. The molecule has 5 heteroatoms. The van der Waals surface area contributed by atoms with Gasteiger partial charge in [-0.1, -0.05) is 13.5 Å². The van der Waals surface area contributed by atoms with Crippen molar-refractivity contribution in [2.24, 2.45) is 11.7 Å². The summed E-state index contributed by atoms with van der Waals surface area (Å²) in [5.41, 5.74) is 6.23. The normalized spacial score (nSPS) is 12.1. The van der Waals surface area contributed by atoms with Crippen molar-refractivity contribution < 1.29 is 10.0 Å². The Morgan fingerprint density at radius 1 is 1.80 bits per heavy atom. The number of nitrogens with one attached hydrogen (secondary N) is 1. The molecule has 0 aliphatic heterocycles. The number of H-pyrrole nitrogens is 1. The first-order chi connectivity index (χ1) is 7.02. The minimum Gasteiger partial charge on any atom is -0.402 e. The van der Waals surface area contributed by atoms with E-state index in [2.05, 4.69) is 11.6 Å². The van der Waals surface area contributed by atoms with Crippen LogP contribution in [0.25, 0.3) is 0 Å². The first-order valence-electron chi connectivity index (χ1n) is 4.60. The number of amides is 1. The van der Waals surface area contributed by atoms with E-state index >= 15 is 0 Å². The van der Waals surface area contributed by atoms with Crippen molar-refractivity contribution in [2.75, 3.05) is 6.54 Å². The van der Waals surface area contributed by atoms with Crippen LogP contribution in [0.5, 0.6) is 0 Å². The molecule has 15 heavy (non-hydrogen) atoms. The van der Waals surface area contributed by atoms with Crippen molar-refractivity contribution in [1.29, 1.82) is 0 Å². The fraction of sp³-hybridized carbons (Fsp3) is 0.300. The zero-order valence-electron chi connectivity index (χ0n) is 8.60. The molecule has 0 bridgehead atoms. The zero-order valence-corrected chi connectivity index (χ0v) is 8.60. The zero-order chi connectivity index (χ0) is 11.4. The molecule has 0 aliphatic carbocycles. The lowest BCUT2D eigenvalue weighted by Gasteiger charge is -2.18. The Hall–Kier alpha value is -1.75. The molecule has 0 aliphatic rings. The number of carbonyl (C=O) groups excluding carboxylic acids is 1. The van der Waals surface area contributed by atoms with E-state index in [9.17, 15) is 10.0 Å². The van der Waals surface area contributed by atoms with Crippen LogP contribution in [-0.4, -0.2) is 27.7 Å². The quantitative estimate of drug-likeness (QED) is 0.510. The maximum absolute atomic E-state index is 11.5. The van der Waals surface area contributed by atoms with Crippen molar-refractivity contribution in [3.05, 3.63) is 36.3 Å². The second kappa shape index (κ2) is 4.65. The van der Waals surface area contributed by atoms with E-state index in [-0.39, 0.29) is 12.5 Å². The summed E-state index contributed by atoms with van der Waals surface area (Å²) in [5.74, 6) is -0.623. The number of hydrogen-bond acceptors (Lipinski definition) is 3. The summed E-state index contributed by atoms with van der Waals surface area (Å²) in [6, 6.07) is 3.28. The summed E-state index contributed by atoms with van der Waals surface area (Å²) in [7, 11) is 0. The number of rotatable bonds is 4. The summed E-state index contributed by atoms with van der Waals surface area (Å²) in [6.45, 7) is 5.47. The van der Waals surface area contributed by atoms with Gasteiger partial charge in [0.25, 0.3) is 5.91 Å². The maximum atomic E-state index is 11.5. The molecule has 0 saturated carbocycles. The number of aromatic amines is 1. The molecule has 1 heterocycles. The van der Waals surface area contributed by atoms with Gasteiger partial charge >= 0.3 is 0 Å². The Balaban J connectivity index is 2.58. The van der Waals surface area contributed by atoms with Crippen LogP contribution in [0.4, 0.5) is 0 Å². The molecule has 1 amide bonds. The highest BCUT2D eigenvalue weighted by atomic mass is 16.5. The molecule has 1 aromatic rings. The predicted octanol–water partition coefficient (Wildman–Crippen LogP) is 0.955. The standard InChI is InChI=1S/C10H15N3O2/c1-7(8(2)11)6-13(15)10(14)9-4-3-5-12-9/h3-5,7,12,15H,2,6,11H2,1H3. The molecular formula is C10H15N3O2. The second-order valence-electron chi connectivity index (χ2n) is 3.45. The van der Waals surface area contributed by atoms with Gasteiger partial charge in [0.2, 0.25) is 0 Å². The molecule has 0 aromatic carbocycles. The van der Waals surface area contributed by atoms with Crippen LogP contribution in [0.3, 0.4) is 0 Å². The first-order valence-corrected chi connectivity index (χ1v) is 4.60. The van der Waals surface area contributed by atoms with E-state index in [4.69, 9.17) is 5.73 Å². The topological polar surface area (TPSA) is 82.3 Å². The number of hydrogen-bond donors (Lipinski definition) is 3. The summed E-state index contributed by atoms with van der Waals surface area (Å²) in [4.78, 5) is 14.3. The molecule has 0 saturated heterocycles. The largest absolute Gasteiger partial charge is 0.402 e. The van der Waals surface area contributed by atoms with Crippen molar-refractivity contribution in [1.82, 2.24) is 10.0 Å². The predicted molar refractivity (Wildman–Crippen MR) is 56.1 cm³/mol. The molecule has 4 N–H and O–H groups in total. The molecular weight excluding hydrogens is 194 g/mol. The molecule has 1 rings (SSSR count). The minimum absolute atomic E-state index is 0.132. The van der Waals surface area contributed by atoms with Crippen LogP contribution in [-0.2, 0) is 0 Å². The summed E-state index contributed by atoms with van der Waals surface area (Å²) >= 11 is 0. The third-order valence-electron chi connectivity index (χ3n) is 2.14. The third-order valence-corrected chi connectivity index (χ3v) is 2.14. The van der Waals surface area contributed by atoms with Crippen LogP contribution in [0.15, 0.2) is 30.6 Å². The smallest absolute Gasteiger partial charge is 0.293 e. The number of carbonyl (C=O) groups is 1. The van der Waals surface area contributed by atoms with E-state index in [1.165, 1.54) is 0 Å². The Morgan fingerprint density at radius 2 is 2.47 bits per heavy atom. The maximum Gasteiger partial charge on any atom is 0.293 e. The van der Waals surface area contributed by atoms with Gasteiger partial charge in [0.15, 0.2) is 0 Å². The Kier molecular flexibility index (Phi) is 3.51. The van der Waals surface area contributed by atoms with E-state index in [0.29, 0.717) is 16.5 Å². The van der Waals surface area contributed by atoms with E-state index in [0.717, 1.165) is 0 Å². The molecule has 1 atom stereocenters. The molecule has 82 valence electrons. The number of nitrogens with zero attached hydrogens (tertiary/aromatic N) is 1. The molecule has 0 radical (unpaired) electrons. The van der Waals surface area contributed by atoms with Gasteiger partial charge in [-0.05, 0) is 12.1 Å². The van der Waals surface area contributed by atoms with Gasteiger partial charge in [-0.3, -0.25) is 10.0 Å². The summed E-state index contributed by atoms with van der Waals surface area (Å²) in [6.07, 6.45) is 1.62. The monoisotopic (exact) mass is 209 g/mol. The van der Waals surface area contributed by atoms with Crippen LogP contribution in [0, 0.1) is 5.92 Å². The van der Waals surface area contributed by atoms with E-state index in [1.54, 1.807) is 25.3 Å². The van der Waals surface area contributed by atoms with Crippen molar-refractivity contribution >= 4 is 5.91 Å². The number of hydroxylamine groups is 2. The SMILES string of the molecule is C=C(N)C(C)CN(O)C(=O)c1ccc[nH]1. The fourth-order valence-electron chi connectivity index (χ4n) is 1.06. The van der Waals surface area contributed by atoms with Gasteiger partial charge in [-0.15, -0.1) is 0 Å². The van der Waals surface area contributed by atoms with Crippen LogP contribution in [0.1, 0.15) is 17.4 Å². The van der Waals surface area contributed by atoms with Gasteiger partial charge in [-0.25, -0.2) is 5.06 Å². The van der Waals surface area contributed by atoms with Crippen LogP contribution < -0.4 is 5.73 Å². The molecule has 5 nitrogen and oxygen atoms in total. The minimum atomic E-state index is -0.479. The highest BCUT2D eigenvalue weighted by Gasteiger charge is 2.17. The lowest BCUT2D eigenvalue weighted by Crippen LogP contribution is -2.33. The van der Waals surface area contributed by atoms with Crippen molar-refractivity contribution in [3.63, 3.8) is 0 Å². The van der Waals surface area contributed by atoms with Gasteiger partial charge in [-0.2, -0.15) is 0 Å². The molecule has 1 aromatic heterocycles. The van der Waals surface area contributed by atoms with Crippen molar-refractivity contribution in [2.45, 2.75) is 6.92 Å².